The predicted octanol–water partition coefficient (Wildman–Crippen LogP) is -2.76. The van der Waals surface area contributed by atoms with Crippen LogP contribution >= 0.6 is 11.6 Å². The summed E-state index contributed by atoms with van der Waals surface area (Å²) in [5.41, 5.74) is 0. The van der Waals surface area contributed by atoms with E-state index >= 15 is 0 Å². The standard InChI is InChI=1S/C2H5ClO.2CHN.Na.H4O4Si.H/c3-1-2-4;2*1-2;;1-5(2,3)4;/h4H,1-2H2;2*1H;;1-4H;. The van der Waals surface area contributed by atoms with E-state index in [-0.39, 0.29) is 36.2 Å². The van der Waals surface area contributed by atoms with Gasteiger partial charge in [-0.1, -0.05) is 0 Å². The fourth-order valence-electron chi connectivity index (χ4n) is 0. The first-order valence-corrected chi connectivity index (χ1v) is 4.82. The molecule has 0 amide bonds. The molecule has 0 aromatic heterocycles. The van der Waals surface area contributed by atoms with Gasteiger partial charge < -0.3 is 24.3 Å². The molecular weight excluding hydrogens is 243 g/mol. The van der Waals surface area contributed by atoms with Crippen LogP contribution in [-0.4, -0.2) is 75.4 Å². The van der Waals surface area contributed by atoms with E-state index in [0.717, 1.165) is 0 Å². The average molecular weight is 255 g/mol. The van der Waals surface area contributed by atoms with Crippen LogP contribution in [0.25, 0.3) is 0 Å². The molecule has 0 spiro atoms. The Kier molecular flexibility index (Phi) is 61.0. The van der Waals surface area contributed by atoms with Crippen molar-refractivity contribution in [2.24, 2.45) is 0 Å². The second-order valence-electron chi connectivity index (χ2n) is 1.01. The van der Waals surface area contributed by atoms with Gasteiger partial charge >= 0.3 is 38.6 Å². The van der Waals surface area contributed by atoms with Crippen molar-refractivity contribution < 1.29 is 24.3 Å². The molecule has 0 rings (SSSR count). The summed E-state index contributed by atoms with van der Waals surface area (Å²) in [6.45, 7) is 7.08. The molecule has 0 unspecified atom stereocenters. The number of alkyl halides is 1. The van der Waals surface area contributed by atoms with Gasteiger partial charge in [0.05, 0.1) is 6.61 Å². The number of aliphatic hydroxyl groups is 1. The maximum atomic E-state index is 7.74. The normalized spacial score (nSPS) is 6.71. The van der Waals surface area contributed by atoms with Crippen LogP contribution in [0.15, 0.2) is 0 Å². The van der Waals surface area contributed by atoms with Crippen molar-refractivity contribution in [3.05, 3.63) is 0 Å². The molecule has 0 saturated carbocycles. The minimum absolute atomic E-state index is 0. The summed E-state index contributed by atoms with van der Waals surface area (Å²) in [5, 5.41) is 20.7. The number of nitriles is 2. The molecule has 7 nitrogen and oxygen atoms in total. The zero-order valence-electron chi connectivity index (χ0n) is 6.58. The Bertz CT molecular complexity index is 105. The van der Waals surface area contributed by atoms with E-state index in [9.17, 15) is 0 Å². The second kappa shape index (κ2) is 29.2. The van der Waals surface area contributed by atoms with Crippen molar-refractivity contribution in [1.29, 1.82) is 10.5 Å². The molecule has 0 atom stereocenters. The van der Waals surface area contributed by atoms with Crippen LogP contribution in [0, 0.1) is 23.7 Å². The van der Waals surface area contributed by atoms with Crippen LogP contribution in [0.5, 0.6) is 0 Å². The third-order valence-corrected chi connectivity index (χ3v) is 0.254. The summed E-state index contributed by atoms with van der Waals surface area (Å²) >= 11 is 4.94. The monoisotopic (exact) mass is 254 g/mol. The van der Waals surface area contributed by atoms with Gasteiger partial charge in [0.15, 0.2) is 0 Å². The third kappa shape index (κ3) is 945. The summed E-state index contributed by atoms with van der Waals surface area (Å²) in [6, 6.07) is 0. The van der Waals surface area contributed by atoms with Gasteiger partial charge in [-0.15, -0.1) is 11.6 Å². The molecule has 0 aliphatic carbocycles. The number of rotatable bonds is 1. The molecule has 0 saturated heterocycles. The topological polar surface area (TPSA) is 149 Å². The maximum absolute atomic E-state index is 7.74. The summed E-state index contributed by atoms with van der Waals surface area (Å²) < 4.78 is 0. The molecule has 0 heterocycles. The number of nitrogens with zero attached hydrogens (tertiary/aromatic N) is 2. The Balaban J connectivity index is -0.0000000273. The Labute approximate surface area is 110 Å². The fraction of sp³-hybridized carbons (Fsp3) is 0.500. The molecule has 0 aromatic carbocycles. The molecule has 14 heavy (non-hydrogen) atoms. The number of halogens is 1. The Morgan fingerprint density at radius 3 is 1.07 bits per heavy atom. The van der Waals surface area contributed by atoms with Crippen molar-refractivity contribution >= 4 is 50.2 Å². The predicted molar refractivity (Wildman–Crippen MR) is 52.9 cm³/mol. The van der Waals surface area contributed by atoms with E-state index in [0.29, 0.717) is 5.88 Å². The van der Waals surface area contributed by atoms with Crippen LogP contribution in [0.2, 0.25) is 0 Å². The molecule has 10 heteroatoms. The Morgan fingerprint density at radius 2 is 1.07 bits per heavy atom. The first kappa shape index (κ1) is 29.2. The third-order valence-electron chi connectivity index (χ3n) is 0.0845. The fourth-order valence-corrected chi connectivity index (χ4v) is 0. The summed E-state index contributed by atoms with van der Waals surface area (Å²) in [6.07, 6.45) is 0. The van der Waals surface area contributed by atoms with Crippen LogP contribution in [0.4, 0.5) is 0 Å². The van der Waals surface area contributed by atoms with Crippen molar-refractivity contribution in [3.8, 4) is 13.1 Å². The van der Waals surface area contributed by atoms with E-state index in [4.69, 9.17) is 46.4 Å². The van der Waals surface area contributed by atoms with Gasteiger partial charge in [-0.2, -0.15) is 0 Å². The van der Waals surface area contributed by atoms with Crippen LogP contribution in [0.1, 0.15) is 0 Å². The number of hydrogen-bond acceptors (Lipinski definition) is 7. The molecule has 5 N–H and O–H groups in total. The van der Waals surface area contributed by atoms with Gasteiger partial charge in [0.1, 0.15) is 0 Å². The van der Waals surface area contributed by atoms with Crippen molar-refractivity contribution in [1.82, 2.24) is 0 Å². The second-order valence-corrected chi connectivity index (χ2v) is 2.59. The Morgan fingerprint density at radius 1 is 1.00 bits per heavy atom. The summed E-state index contributed by atoms with van der Waals surface area (Å²) in [7, 11) is -4.61. The molecule has 0 fully saturated rings. The van der Waals surface area contributed by atoms with E-state index in [2.05, 4.69) is 13.1 Å². The van der Waals surface area contributed by atoms with Crippen LogP contribution < -0.4 is 0 Å². The first-order chi connectivity index (χ1) is 5.91. The minimum atomic E-state index is -4.61. The quantitative estimate of drug-likeness (QED) is 0.251. The average Bonchev–Trinajstić information content (AvgIpc) is 2.08. The van der Waals surface area contributed by atoms with Crippen LogP contribution in [0.3, 0.4) is 0 Å². The molecule has 80 valence electrons. The zero-order valence-corrected chi connectivity index (χ0v) is 8.33. The van der Waals surface area contributed by atoms with Crippen LogP contribution in [-0.2, 0) is 0 Å². The number of hydrogen-bond donors (Lipinski definition) is 5. The molecular formula is C4H12ClN2NaO5Si. The molecule has 0 radical (unpaired) electrons. The van der Waals surface area contributed by atoms with E-state index in [1.165, 1.54) is 0 Å². The molecule has 0 aliphatic rings. The summed E-state index contributed by atoms with van der Waals surface area (Å²) in [5.74, 6) is 0.347. The van der Waals surface area contributed by atoms with E-state index < -0.39 is 9.05 Å². The summed E-state index contributed by atoms with van der Waals surface area (Å²) in [4.78, 5) is 29.3. The van der Waals surface area contributed by atoms with Gasteiger partial charge in [-0.3, -0.25) is 0 Å². The number of aliphatic hydroxyl groups excluding tert-OH is 1. The zero-order chi connectivity index (χ0) is 11.9. The van der Waals surface area contributed by atoms with Crippen molar-refractivity contribution in [2.45, 2.75) is 0 Å². The van der Waals surface area contributed by atoms with E-state index in [1.807, 2.05) is 0 Å². The van der Waals surface area contributed by atoms with Crippen molar-refractivity contribution in [3.63, 3.8) is 0 Å². The molecule has 0 aromatic rings. The van der Waals surface area contributed by atoms with Gasteiger partial charge in [-0.05, 0) is 0 Å². The first-order valence-electron chi connectivity index (χ1n) is 2.49. The Hall–Kier alpha value is 0.287. The van der Waals surface area contributed by atoms with E-state index in [1.54, 1.807) is 0 Å². The van der Waals surface area contributed by atoms with Gasteiger partial charge in [-0.25, -0.2) is 10.5 Å². The van der Waals surface area contributed by atoms with Crippen molar-refractivity contribution in [2.75, 3.05) is 12.5 Å². The van der Waals surface area contributed by atoms with Gasteiger partial charge in [0, 0.05) is 19.0 Å². The molecule has 0 bridgehead atoms. The van der Waals surface area contributed by atoms with Gasteiger partial charge in [0.25, 0.3) is 0 Å². The van der Waals surface area contributed by atoms with Gasteiger partial charge in [0.2, 0.25) is 0 Å². The SMILES string of the molecule is C#N.C#N.OCCCl.O[Si](O)(O)O.[NaH]. The molecule has 0 aliphatic heterocycles.